The Kier molecular flexibility index (Phi) is 2.42. The number of anilines is 1. The number of hydrogen-bond acceptors (Lipinski definition) is 2. The van der Waals surface area contributed by atoms with Crippen molar-refractivity contribution in [3.8, 4) is 11.3 Å². The summed E-state index contributed by atoms with van der Waals surface area (Å²) in [5.41, 5.74) is 6.17. The fraction of sp³-hybridized carbons (Fsp3) is 0.176. The van der Waals surface area contributed by atoms with Crippen LogP contribution in [0, 0.1) is 6.92 Å². The molecule has 4 nitrogen and oxygen atoms in total. The number of pyridine rings is 1. The van der Waals surface area contributed by atoms with Gasteiger partial charge in [0.05, 0.1) is 12.1 Å². The van der Waals surface area contributed by atoms with E-state index in [0.29, 0.717) is 6.42 Å². The minimum Gasteiger partial charge on any atom is -0.315 e. The SMILES string of the molecule is Cc1cccc2nc(-c3ccc4c(c3)CC(=O)N4C)cn12. The van der Waals surface area contributed by atoms with Crippen molar-refractivity contribution in [2.75, 3.05) is 11.9 Å². The molecule has 0 bridgehead atoms. The molecule has 1 amide bonds. The fourth-order valence-corrected chi connectivity index (χ4v) is 2.92. The lowest BCUT2D eigenvalue weighted by molar-refractivity contribution is -0.117. The topological polar surface area (TPSA) is 37.6 Å². The Morgan fingerprint density at radius 1 is 1.19 bits per heavy atom. The van der Waals surface area contributed by atoms with Gasteiger partial charge in [-0.05, 0) is 36.8 Å². The summed E-state index contributed by atoms with van der Waals surface area (Å²) in [7, 11) is 1.82. The van der Waals surface area contributed by atoms with Crippen molar-refractivity contribution in [3.63, 3.8) is 0 Å². The quantitative estimate of drug-likeness (QED) is 0.686. The Bertz CT molecular complexity index is 879. The van der Waals surface area contributed by atoms with Gasteiger partial charge < -0.3 is 9.30 Å². The van der Waals surface area contributed by atoms with Crippen LogP contribution in [0.1, 0.15) is 11.3 Å². The summed E-state index contributed by atoms with van der Waals surface area (Å²) in [6.07, 6.45) is 2.53. The van der Waals surface area contributed by atoms with Crippen molar-refractivity contribution < 1.29 is 4.79 Å². The predicted octanol–water partition coefficient (Wildman–Crippen LogP) is 2.83. The Hall–Kier alpha value is -2.62. The molecule has 104 valence electrons. The molecular weight excluding hydrogens is 262 g/mol. The molecule has 2 aromatic heterocycles. The summed E-state index contributed by atoms with van der Waals surface area (Å²) >= 11 is 0. The van der Waals surface area contributed by atoms with Crippen LogP contribution >= 0.6 is 0 Å². The molecule has 0 N–H and O–H groups in total. The Morgan fingerprint density at radius 2 is 2.05 bits per heavy atom. The second-order valence-corrected chi connectivity index (χ2v) is 5.49. The van der Waals surface area contributed by atoms with E-state index < -0.39 is 0 Å². The molecule has 0 radical (unpaired) electrons. The normalized spacial score (nSPS) is 14.0. The van der Waals surface area contributed by atoms with Crippen molar-refractivity contribution in [1.29, 1.82) is 0 Å². The first kappa shape index (κ1) is 12.1. The molecule has 4 rings (SSSR count). The van der Waals surface area contributed by atoms with Crippen molar-refractivity contribution in [2.45, 2.75) is 13.3 Å². The lowest BCUT2D eigenvalue weighted by Gasteiger charge is -2.09. The molecule has 1 aliphatic heterocycles. The van der Waals surface area contributed by atoms with Gasteiger partial charge in [0.25, 0.3) is 0 Å². The van der Waals surface area contributed by atoms with Gasteiger partial charge in [-0.15, -0.1) is 0 Å². The molecular formula is C17H15N3O. The Labute approximate surface area is 122 Å². The second kappa shape index (κ2) is 4.19. The highest BCUT2D eigenvalue weighted by Crippen LogP contribution is 2.31. The summed E-state index contributed by atoms with van der Waals surface area (Å²) in [4.78, 5) is 18.2. The van der Waals surface area contributed by atoms with E-state index in [9.17, 15) is 4.79 Å². The number of carbonyl (C=O) groups excluding carboxylic acids is 1. The zero-order valence-electron chi connectivity index (χ0n) is 12.0. The minimum atomic E-state index is 0.146. The molecule has 21 heavy (non-hydrogen) atoms. The van der Waals surface area contributed by atoms with Crippen LogP contribution in [0.5, 0.6) is 0 Å². The number of aryl methyl sites for hydroxylation is 1. The highest BCUT2D eigenvalue weighted by Gasteiger charge is 2.24. The molecule has 0 saturated heterocycles. The first-order chi connectivity index (χ1) is 10.1. The van der Waals surface area contributed by atoms with Crippen LogP contribution in [0.2, 0.25) is 0 Å². The van der Waals surface area contributed by atoms with E-state index in [2.05, 4.69) is 28.4 Å². The van der Waals surface area contributed by atoms with E-state index in [1.54, 1.807) is 4.90 Å². The molecule has 0 fully saturated rings. The van der Waals surface area contributed by atoms with Gasteiger partial charge in [0.15, 0.2) is 0 Å². The van der Waals surface area contributed by atoms with Gasteiger partial charge in [0.1, 0.15) is 5.65 Å². The predicted molar refractivity (Wildman–Crippen MR) is 82.5 cm³/mol. The third-order valence-electron chi connectivity index (χ3n) is 4.15. The third-order valence-corrected chi connectivity index (χ3v) is 4.15. The van der Waals surface area contributed by atoms with E-state index in [1.807, 2.05) is 37.5 Å². The molecule has 4 heteroatoms. The number of aromatic nitrogens is 2. The van der Waals surface area contributed by atoms with Gasteiger partial charge in [-0.3, -0.25) is 4.79 Å². The van der Waals surface area contributed by atoms with Crippen LogP contribution in [0.15, 0.2) is 42.6 Å². The summed E-state index contributed by atoms with van der Waals surface area (Å²) in [6, 6.07) is 12.2. The number of rotatable bonds is 1. The van der Waals surface area contributed by atoms with Crippen molar-refractivity contribution in [3.05, 3.63) is 53.9 Å². The van der Waals surface area contributed by atoms with Crippen LogP contribution in [-0.4, -0.2) is 22.3 Å². The summed E-state index contributed by atoms with van der Waals surface area (Å²) in [6.45, 7) is 2.06. The average molecular weight is 277 g/mol. The molecule has 0 atom stereocenters. The van der Waals surface area contributed by atoms with Gasteiger partial charge in [-0.25, -0.2) is 4.98 Å². The molecule has 1 aliphatic rings. The Morgan fingerprint density at radius 3 is 2.86 bits per heavy atom. The first-order valence-corrected chi connectivity index (χ1v) is 6.98. The maximum absolute atomic E-state index is 11.8. The van der Waals surface area contributed by atoms with E-state index in [-0.39, 0.29) is 5.91 Å². The zero-order valence-corrected chi connectivity index (χ0v) is 12.0. The van der Waals surface area contributed by atoms with E-state index in [4.69, 9.17) is 0 Å². The summed E-state index contributed by atoms with van der Waals surface area (Å²) in [5, 5.41) is 0. The standard InChI is InChI=1S/C17H15N3O/c1-11-4-3-5-16-18-14(10-20(11)16)12-6-7-15-13(8-12)9-17(21)19(15)2/h3-8,10H,9H2,1-2H3. The molecule has 3 heterocycles. The minimum absolute atomic E-state index is 0.146. The molecule has 0 aliphatic carbocycles. The average Bonchev–Trinajstić information content (AvgIpc) is 3.02. The monoisotopic (exact) mass is 277 g/mol. The fourth-order valence-electron chi connectivity index (χ4n) is 2.92. The maximum Gasteiger partial charge on any atom is 0.231 e. The number of likely N-dealkylation sites (N-methyl/N-ethyl adjacent to an activating group) is 1. The van der Waals surface area contributed by atoms with Gasteiger partial charge in [-0.1, -0.05) is 12.1 Å². The number of imidazole rings is 1. The number of carbonyl (C=O) groups is 1. The molecule has 0 unspecified atom stereocenters. The lowest BCUT2D eigenvalue weighted by atomic mass is 10.1. The van der Waals surface area contributed by atoms with Crippen LogP contribution in [-0.2, 0) is 11.2 Å². The number of nitrogens with zero attached hydrogens (tertiary/aromatic N) is 3. The summed E-state index contributed by atoms with van der Waals surface area (Å²) in [5.74, 6) is 0.146. The molecule has 0 saturated carbocycles. The number of fused-ring (bicyclic) bond motifs is 2. The van der Waals surface area contributed by atoms with Crippen molar-refractivity contribution in [2.24, 2.45) is 0 Å². The Balaban J connectivity index is 1.85. The van der Waals surface area contributed by atoms with Gasteiger partial charge >= 0.3 is 0 Å². The number of amides is 1. The van der Waals surface area contributed by atoms with E-state index in [1.165, 1.54) is 0 Å². The van der Waals surface area contributed by atoms with E-state index >= 15 is 0 Å². The van der Waals surface area contributed by atoms with Gasteiger partial charge in [-0.2, -0.15) is 0 Å². The maximum atomic E-state index is 11.8. The first-order valence-electron chi connectivity index (χ1n) is 6.98. The van der Waals surface area contributed by atoms with Crippen LogP contribution in [0.3, 0.4) is 0 Å². The summed E-state index contributed by atoms with van der Waals surface area (Å²) < 4.78 is 2.08. The smallest absolute Gasteiger partial charge is 0.231 e. The van der Waals surface area contributed by atoms with Crippen LogP contribution < -0.4 is 4.90 Å². The third kappa shape index (κ3) is 1.76. The van der Waals surface area contributed by atoms with Crippen LogP contribution in [0.4, 0.5) is 5.69 Å². The highest BCUT2D eigenvalue weighted by atomic mass is 16.2. The zero-order chi connectivity index (χ0) is 14.6. The lowest BCUT2D eigenvalue weighted by Crippen LogP contribution is -2.20. The second-order valence-electron chi connectivity index (χ2n) is 5.49. The van der Waals surface area contributed by atoms with Crippen molar-refractivity contribution in [1.82, 2.24) is 9.38 Å². The largest absolute Gasteiger partial charge is 0.315 e. The number of benzene rings is 1. The van der Waals surface area contributed by atoms with Crippen LogP contribution in [0.25, 0.3) is 16.9 Å². The molecule has 1 aromatic carbocycles. The van der Waals surface area contributed by atoms with Crippen molar-refractivity contribution >= 4 is 17.2 Å². The number of hydrogen-bond donors (Lipinski definition) is 0. The van der Waals surface area contributed by atoms with Gasteiger partial charge in [0.2, 0.25) is 5.91 Å². The van der Waals surface area contributed by atoms with E-state index in [0.717, 1.165) is 33.8 Å². The van der Waals surface area contributed by atoms with Gasteiger partial charge in [0, 0.05) is 30.2 Å². The molecule has 3 aromatic rings. The molecule has 0 spiro atoms. The highest BCUT2D eigenvalue weighted by molar-refractivity contribution is 6.01.